The van der Waals surface area contributed by atoms with Gasteiger partial charge in [-0.25, -0.2) is 0 Å². The summed E-state index contributed by atoms with van der Waals surface area (Å²) in [5, 5.41) is 0. The Morgan fingerprint density at radius 3 is 2.94 bits per heavy atom. The van der Waals surface area contributed by atoms with Gasteiger partial charge in [-0.2, -0.15) is 0 Å². The summed E-state index contributed by atoms with van der Waals surface area (Å²) >= 11 is 0. The van der Waals surface area contributed by atoms with Gasteiger partial charge in [0.25, 0.3) is 6.29 Å². The summed E-state index contributed by atoms with van der Waals surface area (Å²) in [5.41, 5.74) is 0. The number of ether oxygens (including phenoxy) is 3. The van der Waals surface area contributed by atoms with Crippen LogP contribution in [0.3, 0.4) is 0 Å². The normalized spacial score (nSPS) is 37.0. The van der Waals surface area contributed by atoms with Gasteiger partial charge in [0.05, 0.1) is 11.8 Å². The molecule has 0 aromatic rings. The Balaban J connectivity index is 1.80. The molecule has 5 heteroatoms. The number of carbonyl (C=O) groups excluding carboxylic acids is 2. The van der Waals surface area contributed by atoms with Gasteiger partial charge in [0.1, 0.15) is 12.4 Å². The minimum absolute atomic E-state index is 0.0839. The number of hydrogen-bond donors (Lipinski definition) is 0. The van der Waals surface area contributed by atoms with E-state index in [1.165, 1.54) is 6.92 Å². The van der Waals surface area contributed by atoms with Crippen molar-refractivity contribution in [1.82, 2.24) is 0 Å². The van der Waals surface area contributed by atoms with Gasteiger partial charge in [-0.05, 0) is 6.08 Å². The van der Waals surface area contributed by atoms with Gasteiger partial charge in [0.15, 0.2) is 0 Å². The van der Waals surface area contributed by atoms with Crippen LogP contribution in [0.2, 0.25) is 0 Å². The van der Waals surface area contributed by atoms with Crippen molar-refractivity contribution in [3.63, 3.8) is 0 Å². The van der Waals surface area contributed by atoms with E-state index in [4.69, 9.17) is 14.2 Å². The lowest BCUT2D eigenvalue weighted by atomic mass is 9.83. The second-order valence-corrected chi connectivity index (χ2v) is 4.40. The highest BCUT2D eigenvalue weighted by Crippen LogP contribution is 2.44. The summed E-state index contributed by atoms with van der Waals surface area (Å²) in [6.45, 7) is 1.44. The fraction of sp³-hybridized carbons (Fsp3) is 0.500. The number of allylic oxidation sites excluding steroid dienone is 1. The SMILES string of the molecule is CC(=O)OCC1=C[C@H]2[C@@H]3C=C[C@H]2C(=O)O[C@@H]3O1. The second-order valence-electron chi connectivity index (χ2n) is 4.40. The standard InChI is InChI=1S/C12H12O5/c1-6(13)15-5-7-4-10-8-2-3-9(10)12(16-7)17-11(8)14/h2-4,8-10,12H,5H2,1H3/t8-,9+,10-,12+/m1/s1. The summed E-state index contributed by atoms with van der Waals surface area (Å²) in [4.78, 5) is 22.3. The number of carbonyl (C=O) groups is 2. The minimum Gasteiger partial charge on any atom is -0.458 e. The highest BCUT2D eigenvalue weighted by Gasteiger charge is 2.50. The van der Waals surface area contributed by atoms with Crippen LogP contribution < -0.4 is 0 Å². The molecule has 90 valence electrons. The molecule has 2 aliphatic heterocycles. The van der Waals surface area contributed by atoms with E-state index in [0.717, 1.165) is 0 Å². The van der Waals surface area contributed by atoms with E-state index in [9.17, 15) is 9.59 Å². The third-order valence-corrected chi connectivity index (χ3v) is 3.28. The molecule has 5 nitrogen and oxygen atoms in total. The Bertz CT molecular complexity index is 436. The zero-order chi connectivity index (χ0) is 12.0. The molecule has 4 bridgehead atoms. The molecule has 0 aromatic carbocycles. The van der Waals surface area contributed by atoms with E-state index in [0.29, 0.717) is 5.76 Å². The molecule has 2 heterocycles. The van der Waals surface area contributed by atoms with Crippen LogP contribution in [-0.2, 0) is 23.8 Å². The molecular weight excluding hydrogens is 224 g/mol. The van der Waals surface area contributed by atoms with Crippen molar-refractivity contribution in [2.24, 2.45) is 17.8 Å². The first-order chi connectivity index (χ1) is 8.15. The van der Waals surface area contributed by atoms with Crippen molar-refractivity contribution < 1.29 is 23.8 Å². The molecule has 0 unspecified atom stereocenters. The molecule has 17 heavy (non-hydrogen) atoms. The molecule has 1 fully saturated rings. The van der Waals surface area contributed by atoms with E-state index in [1.54, 1.807) is 0 Å². The van der Waals surface area contributed by atoms with Gasteiger partial charge in [0.2, 0.25) is 0 Å². The molecule has 3 rings (SSSR count). The average molecular weight is 236 g/mol. The topological polar surface area (TPSA) is 61.8 Å². The summed E-state index contributed by atoms with van der Waals surface area (Å²) in [6, 6.07) is 0. The van der Waals surface area contributed by atoms with Crippen LogP contribution in [0.15, 0.2) is 24.0 Å². The monoisotopic (exact) mass is 236 g/mol. The Morgan fingerprint density at radius 1 is 1.35 bits per heavy atom. The first-order valence-corrected chi connectivity index (χ1v) is 5.54. The Morgan fingerprint density at radius 2 is 2.18 bits per heavy atom. The van der Waals surface area contributed by atoms with E-state index in [1.807, 2.05) is 18.2 Å². The molecule has 0 saturated carbocycles. The molecule has 0 amide bonds. The van der Waals surface area contributed by atoms with Crippen molar-refractivity contribution in [3.05, 3.63) is 24.0 Å². The predicted octanol–water partition coefficient (Wildman–Crippen LogP) is 0.765. The van der Waals surface area contributed by atoms with Crippen LogP contribution in [0, 0.1) is 17.8 Å². The zero-order valence-electron chi connectivity index (χ0n) is 9.29. The first-order valence-electron chi connectivity index (χ1n) is 5.54. The second kappa shape index (κ2) is 3.61. The van der Waals surface area contributed by atoms with Crippen LogP contribution in [0.5, 0.6) is 0 Å². The van der Waals surface area contributed by atoms with Crippen LogP contribution in [0.25, 0.3) is 0 Å². The summed E-state index contributed by atoms with van der Waals surface area (Å²) in [5.74, 6) is -0.0735. The Labute approximate surface area is 98.0 Å². The highest BCUT2D eigenvalue weighted by molar-refractivity contribution is 5.77. The number of rotatable bonds is 2. The quantitative estimate of drug-likeness (QED) is 0.523. The van der Waals surface area contributed by atoms with E-state index in [-0.39, 0.29) is 36.3 Å². The van der Waals surface area contributed by atoms with Gasteiger partial charge >= 0.3 is 11.9 Å². The van der Waals surface area contributed by atoms with Crippen LogP contribution >= 0.6 is 0 Å². The minimum atomic E-state index is -0.571. The van der Waals surface area contributed by atoms with Crippen molar-refractivity contribution in [3.8, 4) is 0 Å². The van der Waals surface area contributed by atoms with Gasteiger partial charge in [0, 0.05) is 12.8 Å². The van der Waals surface area contributed by atoms with Crippen molar-refractivity contribution in [2.45, 2.75) is 13.2 Å². The summed E-state index contributed by atoms with van der Waals surface area (Å²) in [6.07, 6.45) is 5.13. The van der Waals surface area contributed by atoms with Gasteiger partial charge in [-0.3, -0.25) is 9.59 Å². The lowest BCUT2D eigenvalue weighted by Gasteiger charge is -2.38. The largest absolute Gasteiger partial charge is 0.458 e. The van der Waals surface area contributed by atoms with Crippen LogP contribution in [-0.4, -0.2) is 24.8 Å². The van der Waals surface area contributed by atoms with E-state index in [2.05, 4.69) is 0 Å². The van der Waals surface area contributed by atoms with Crippen LogP contribution in [0.4, 0.5) is 0 Å². The van der Waals surface area contributed by atoms with E-state index < -0.39 is 6.29 Å². The third-order valence-electron chi connectivity index (χ3n) is 3.28. The molecule has 0 spiro atoms. The van der Waals surface area contributed by atoms with Gasteiger partial charge in [-0.15, -0.1) is 0 Å². The zero-order valence-corrected chi connectivity index (χ0v) is 9.29. The number of esters is 2. The van der Waals surface area contributed by atoms with Crippen LogP contribution in [0.1, 0.15) is 6.92 Å². The maximum absolute atomic E-state index is 11.6. The van der Waals surface area contributed by atoms with Crippen molar-refractivity contribution in [1.29, 1.82) is 0 Å². The Hall–Kier alpha value is -1.78. The highest BCUT2D eigenvalue weighted by atomic mass is 16.7. The molecule has 3 aliphatic rings. The predicted molar refractivity (Wildman–Crippen MR) is 55.3 cm³/mol. The maximum atomic E-state index is 11.6. The molecule has 0 N–H and O–H groups in total. The van der Waals surface area contributed by atoms with Gasteiger partial charge < -0.3 is 14.2 Å². The maximum Gasteiger partial charge on any atom is 0.316 e. The molecule has 0 radical (unpaired) electrons. The molecule has 1 aliphatic carbocycles. The summed E-state index contributed by atoms with van der Waals surface area (Å²) < 4.78 is 15.5. The lowest BCUT2D eigenvalue weighted by molar-refractivity contribution is -0.205. The Kier molecular flexibility index (Phi) is 2.21. The molecular formula is C12H12O5. The van der Waals surface area contributed by atoms with Crippen molar-refractivity contribution >= 4 is 11.9 Å². The van der Waals surface area contributed by atoms with E-state index >= 15 is 0 Å². The molecule has 4 atom stereocenters. The lowest BCUT2D eigenvalue weighted by Crippen LogP contribution is -2.44. The first kappa shape index (κ1) is 10.4. The average Bonchev–Trinajstić information content (AvgIpc) is 2.61. The third kappa shape index (κ3) is 1.62. The number of hydrogen-bond acceptors (Lipinski definition) is 5. The van der Waals surface area contributed by atoms with Crippen molar-refractivity contribution in [2.75, 3.05) is 6.61 Å². The summed E-state index contributed by atoms with van der Waals surface area (Å²) in [7, 11) is 0. The fourth-order valence-corrected chi connectivity index (χ4v) is 2.50. The smallest absolute Gasteiger partial charge is 0.316 e. The fourth-order valence-electron chi connectivity index (χ4n) is 2.50. The molecule has 1 saturated heterocycles. The van der Waals surface area contributed by atoms with Gasteiger partial charge in [-0.1, -0.05) is 12.2 Å². The molecule has 0 aromatic heterocycles.